The average Bonchev–Trinajstić information content (AvgIpc) is 2.78. The standard InChI is InChI=1S/C24H24N4O2/c1-29-21-9-8-17(12-22(21)30-2)23-18(13-25)24(26)27-20-10-11-28(15-19(20)23)14-16-6-4-3-5-7-16/h3-9,12H,10-11,14-15H2,1-2H3,(H2,26,27). The van der Waals surface area contributed by atoms with Crippen molar-refractivity contribution >= 4 is 5.82 Å². The summed E-state index contributed by atoms with van der Waals surface area (Å²) in [5, 5.41) is 9.85. The number of pyridine rings is 1. The van der Waals surface area contributed by atoms with Crippen LogP contribution in [0.1, 0.15) is 22.4 Å². The molecule has 0 fully saturated rings. The van der Waals surface area contributed by atoms with E-state index in [1.165, 1.54) is 5.56 Å². The van der Waals surface area contributed by atoms with Crippen molar-refractivity contribution in [2.24, 2.45) is 0 Å². The number of fused-ring (bicyclic) bond motifs is 1. The van der Waals surface area contributed by atoms with Gasteiger partial charge in [0.25, 0.3) is 0 Å². The van der Waals surface area contributed by atoms with E-state index < -0.39 is 0 Å². The maximum atomic E-state index is 9.85. The third-order valence-electron chi connectivity index (χ3n) is 5.49. The highest BCUT2D eigenvalue weighted by molar-refractivity contribution is 5.80. The van der Waals surface area contributed by atoms with Gasteiger partial charge in [-0.3, -0.25) is 4.90 Å². The molecule has 0 spiro atoms. The van der Waals surface area contributed by atoms with Gasteiger partial charge in [-0.15, -0.1) is 0 Å². The molecule has 152 valence electrons. The van der Waals surface area contributed by atoms with Gasteiger partial charge in [0.15, 0.2) is 11.5 Å². The molecule has 1 aromatic heterocycles. The van der Waals surface area contributed by atoms with E-state index >= 15 is 0 Å². The van der Waals surface area contributed by atoms with Crippen molar-refractivity contribution < 1.29 is 9.47 Å². The van der Waals surface area contributed by atoms with Crippen LogP contribution in [-0.4, -0.2) is 30.6 Å². The molecule has 0 saturated heterocycles. The maximum Gasteiger partial charge on any atom is 0.161 e. The van der Waals surface area contributed by atoms with Crippen LogP contribution >= 0.6 is 0 Å². The fraction of sp³-hybridized carbons (Fsp3) is 0.250. The molecule has 0 aliphatic carbocycles. The Morgan fingerprint density at radius 3 is 2.57 bits per heavy atom. The summed E-state index contributed by atoms with van der Waals surface area (Å²) in [7, 11) is 3.21. The number of methoxy groups -OCH3 is 2. The van der Waals surface area contributed by atoms with Gasteiger partial charge in [0.1, 0.15) is 17.5 Å². The smallest absolute Gasteiger partial charge is 0.161 e. The van der Waals surface area contributed by atoms with E-state index in [9.17, 15) is 5.26 Å². The topological polar surface area (TPSA) is 84.4 Å². The molecule has 0 atom stereocenters. The average molecular weight is 400 g/mol. The van der Waals surface area contributed by atoms with Crippen molar-refractivity contribution in [2.45, 2.75) is 19.5 Å². The van der Waals surface area contributed by atoms with Crippen LogP contribution in [0.5, 0.6) is 11.5 Å². The van der Waals surface area contributed by atoms with Gasteiger partial charge in [0.05, 0.1) is 14.2 Å². The first-order chi connectivity index (χ1) is 14.6. The van der Waals surface area contributed by atoms with E-state index in [0.29, 0.717) is 23.6 Å². The lowest BCUT2D eigenvalue weighted by molar-refractivity contribution is 0.244. The Bertz CT molecular complexity index is 1110. The molecule has 1 aliphatic heterocycles. The van der Waals surface area contributed by atoms with Crippen molar-refractivity contribution in [3.63, 3.8) is 0 Å². The van der Waals surface area contributed by atoms with Gasteiger partial charge in [-0.2, -0.15) is 5.26 Å². The molecule has 4 rings (SSSR count). The Labute approximate surface area is 176 Å². The fourth-order valence-electron chi connectivity index (χ4n) is 4.04. The summed E-state index contributed by atoms with van der Waals surface area (Å²) in [4.78, 5) is 6.94. The van der Waals surface area contributed by atoms with Crippen LogP contribution in [-0.2, 0) is 19.5 Å². The van der Waals surface area contributed by atoms with Crippen LogP contribution in [0.4, 0.5) is 5.82 Å². The number of ether oxygens (including phenoxy) is 2. The number of nitrogen functional groups attached to an aromatic ring is 1. The molecule has 2 aromatic carbocycles. The van der Waals surface area contributed by atoms with Gasteiger partial charge in [-0.05, 0) is 28.8 Å². The minimum absolute atomic E-state index is 0.276. The number of nitrogens with zero attached hydrogens (tertiary/aromatic N) is 3. The number of hydrogen-bond donors (Lipinski definition) is 1. The second-order valence-electron chi connectivity index (χ2n) is 7.30. The number of hydrogen-bond acceptors (Lipinski definition) is 6. The highest BCUT2D eigenvalue weighted by Gasteiger charge is 2.26. The minimum Gasteiger partial charge on any atom is -0.493 e. The molecule has 0 bridgehead atoms. The summed E-state index contributed by atoms with van der Waals surface area (Å²) >= 11 is 0. The Morgan fingerprint density at radius 1 is 1.10 bits per heavy atom. The van der Waals surface area contributed by atoms with E-state index in [1.807, 2.05) is 24.3 Å². The summed E-state index contributed by atoms with van der Waals surface area (Å²) in [6, 6.07) is 18.3. The third kappa shape index (κ3) is 3.68. The molecule has 0 saturated carbocycles. The highest BCUT2D eigenvalue weighted by atomic mass is 16.5. The monoisotopic (exact) mass is 400 g/mol. The van der Waals surface area contributed by atoms with E-state index in [0.717, 1.165) is 41.9 Å². The first-order valence-corrected chi connectivity index (χ1v) is 9.84. The first-order valence-electron chi connectivity index (χ1n) is 9.84. The molecule has 6 nitrogen and oxygen atoms in total. The number of anilines is 1. The second-order valence-corrected chi connectivity index (χ2v) is 7.30. The normalized spacial score (nSPS) is 13.4. The van der Waals surface area contributed by atoms with Crippen molar-refractivity contribution in [3.05, 3.63) is 70.9 Å². The Hall–Kier alpha value is -3.56. The van der Waals surface area contributed by atoms with Gasteiger partial charge in [0.2, 0.25) is 0 Å². The Balaban J connectivity index is 1.80. The van der Waals surface area contributed by atoms with Gasteiger partial charge in [0, 0.05) is 37.3 Å². The van der Waals surface area contributed by atoms with Gasteiger partial charge >= 0.3 is 0 Å². The van der Waals surface area contributed by atoms with Crippen molar-refractivity contribution in [3.8, 4) is 28.7 Å². The molecular weight excluding hydrogens is 376 g/mol. The van der Waals surface area contributed by atoms with Crippen LogP contribution in [0.2, 0.25) is 0 Å². The predicted molar refractivity (Wildman–Crippen MR) is 116 cm³/mol. The quantitative estimate of drug-likeness (QED) is 0.702. The molecule has 0 radical (unpaired) electrons. The summed E-state index contributed by atoms with van der Waals surface area (Å²) in [6.07, 6.45) is 0.790. The van der Waals surface area contributed by atoms with E-state index in [1.54, 1.807) is 14.2 Å². The lowest BCUT2D eigenvalue weighted by Crippen LogP contribution is -2.31. The van der Waals surface area contributed by atoms with Crippen LogP contribution in [0, 0.1) is 11.3 Å². The molecular formula is C24H24N4O2. The SMILES string of the molecule is COc1ccc(-c2c(C#N)c(N)nc3c2CN(Cc2ccccc2)CC3)cc1OC. The van der Waals surface area contributed by atoms with E-state index in [4.69, 9.17) is 15.2 Å². The third-order valence-corrected chi connectivity index (χ3v) is 5.49. The number of rotatable bonds is 5. The lowest BCUT2D eigenvalue weighted by atomic mass is 9.90. The molecule has 0 amide bonds. The van der Waals surface area contributed by atoms with Crippen LogP contribution in [0.3, 0.4) is 0 Å². The van der Waals surface area contributed by atoms with Gasteiger partial charge in [-0.25, -0.2) is 4.98 Å². The van der Waals surface area contributed by atoms with Gasteiger partial charge in [-0.1, -0.05) is 36.4 Å². The van der Waals surface area contributed by atoms with Crippen molar-refractivity contribution in [1.29, 1.82) is 5.26 Å². The number of nitriles is 1. The second kappa shape index (κ2) is 8.44. The van der Waals surface area contributed by atoms with Crippen LogP contribution in [0.15, 0.2) is 48.5 Å². The largest absolute Gasteiger partial charge is 0.493 e. The van der Waals surface area contributed by atoms with Crippen molar-refractivity contribution in [2.75, 3.05) is 26.5 Å². The molecule has 2 N–H and O–H groups in total. The summed E-state index contributed by atoms with van der Waals surface area (Å²) in [5.74, 6) is 1.53. The van der Waals surface area contributed by atoms with Crippen LogP contribution in [0.25, 0.3) is 11.1 Å². The zero-order valence-electron chi connectivity index (χ0n) is 17.2. The van der Waals surface area contributed by atoms with Gasteiger partial charge < -0.3 is 15.2 Å². The predicted octanol–water partition coefficient (Wildman–Crippen LogP) is 3.78. The minimum atomic E-state index is 0.276. The molecule has 0 unspecified atom stereocenters. The molecule has 1 aliphatic rings. The maximum absolute atomic E-state index is 9.85. The first kappa shape index (κ1) is 19.7. The Morgan fingerprint density at radius 2 is 1.87 bits per heavy atom. The summed E-state index contributed by atoms with van der Waals surface area (Å²) < 4.78 is 10.8. The number of nitrogens with two attached hydrogens (primary N) is 1. The number of aromatic nitrogens is 1. The zero-order valence-corrected chi connectivity index (χ0v) is 17.2. The molecule has 3 aromatic rings. The Kier molecular flexibility index (Phi) is 5.55. The fourth-order valence-corrected chi connectivity index (χ4v) is 4.04. The zero-order chi connectivity index (χ0) is 21.1. The molecule has 2 heterocycles. The van der Waals surface area contributed by atoms with Crippen molar-refractivity contribution in [1.82, 2.24) is 9.88 Å². The highest BCUT2D eigenvalue weighted by Crippen LogP contribution is 2.39. The summed E-state index contributed by atoms with van der Waals surface area (Å²) in [6.45, 7) is 2.44. The van der Waals surface area contributed by atoms with Crippen LogP contribution < -0.4 is 15.2 Å². The van der Waals surface area contributed by atoms with E-state index in [2.05, 4.69) is 40.2 Å². The van der Waals surface area contributed by atoms with E-state index in [-0.39, 0.29) is 5.82 Å². The lowest BCUT2D eigenvalue weighted by Gasteiger charge is -2.30. The molecule has 30 heavy (non-hydrogen) atoms. The molecule has 6 heteroatoms. The summed E-state index contributed by atoms with van der Waals surface area (Å²) in [5.41, 5.74) is 11.6. The number of benzene rings is 2.